The Balaban J connectivity index is 2.47. The Morgan fingerprint density at radius 1 is 1.05 bits per heavy atom. The fourth-order valence-electron chi connectivity index (χ4n) is 2.10. The summed E-state index contributed by atoms with van der Waals surface area (Å²) in [5.74, 6) is -11.7. The maximum absolute atomic E-state index is 13.7. The molecule has 0 heterocycles. The average Bonchev–Trinajstić information content (AvgIpc) is 2.41. The van der Waals surface area contributed by atoms with Gasteiger partial charge in [-0.25, -0.2) is 30.7 Å². The molecular weight excluding hydrogens is 312 g/mol. The molecule has 1 aliphatic rings. The minimum Gasteiger partial charge on any atom is -0.232 e. The van der Waals surface area contributed by atoms with E-state index in [0.29, 0.717) is 20.3 Å². The largest absolute Gasteiger partial charge is 0.232 e. The van der Waals surface area contributed by atoms with Crippen molar-refractivity contribution < 1.29 is 30.7 Å². The predicted octanol–water partition coefficient (Wildman–Crippen LogP) is 4.28. The van der Waals surface area contributed by atoms with Crippen LogP contribution in [0.1, 0.15) is 12.5 Å². The van der Waals surface area contributed by atoms with Gasteiger partial charge in [0.15, 0.2) is 30.4 Å². The summed E-state index contributed by atoms with van der Waals surface area (Å²) in [6, 6.07) is 0.631. The molecule has 0 aliphatic heterocycles. The first kappa shape index (κ1) is 16.6. The molecule has 8 heteroatoms. The van der Waals surface area contributed by atoms with E-state index in [1.807, 2.05) is 0 Å². The third-order valence-electron chi connectivity index (χ3n) is 3.33. The molecule has 22 heavy (non-hydrogen) atoms. The van der Waals surface area contributed by atoms with E-state index >= 15 is 0 Å². The van der Waals surface area contributed by atoms with Gasteiger partial charge < -0.3 is 0 Å². The van der Waals surface area contributed by atoms with Gasteiger partial charge in [0.25, 0.3) is 0 Å². The van der Waals surface area contributed by atoms with E-state index in [1.54, 1.807) is 0 Å². The molecule has 0 bridgehead atoms. The van der Waals surface area contributed by atoms with E-state index in [2.05, 4.69) is 0 Å². The number of benzene rings is 1. The molecule has 0 nitrogen and oxygen atoms in total. The zero-order valence-electron chi connectivity index (χ0n) is 11.5. The molecule has 1 aromatic carbocycles. The van der Waals surface area contributed by atoms with E-state index in [1.165, 1.54) is 0 Å². The first-order valence-electron chi connectivity index (χ1n) is 6.18. The number of aryl methyl sites for hydroxylation is 1. The smallest absolute Gasteiger partial charge is 0.182 e. The molecule has 0 amide bonds. The van der Waals surface area contributed by atoms with Crippen LogP contribution in [0, 0.1) is 24.4 Å². The first-order chi connectivity index (χ1) is 10.1. The minimum absolute atomic E-state index is 0.160. The van der Waals surface area contributed by atoms with Gasteiger partial charge in [-0.3, -0.25) is 0 Å². The lowest BCUT2D eigenvalue weighted by molar-refractivity contribution is 0.233. The van der Waals surface area contributed by atoms with E-state index in [9.17, 15) is 30.7 Å². The summed E-state index contributed by atoms with van der Waals surface area (Å²) in [6.45, 7) is 1.69. The van der Waals surface area contributed by atoms with Crippen LogP contribution in [0.25, 0.3) is 0 Å². The van der Waals surface area contributed by atoms with Crippen LogP contribution >= 0.6 is 0 Å². The normalized spacial score (nSPS) is 25.3. The van der Waals surface area contributed by atoms with Crippen LogP contribution in [-0.4, -0.2) is 12.9 Å². The topological polar surface area (TPSA) is 0 Å². The molecule has 0 aromatic heterocycles. The summed E-state index contributed by atoms with van der Waals surface area (Å²) < 4.78 is 95.2. The molecule has 0 saturated heterocycles. The lowest BCUT2D eigenvalue weighted by Gasteiger charge is -2.25. The van der Waals surface area contributed by atoms with Crippen molar-refractivity contribution in [3.8, 4) is 0 Å². The number of hydrogen-bond acceptors (Lipinski definition) is 0. The van der Waals surface area contributed by atoms with Crippen molar-refractivity contribution in [1.82, 2.24) is 0 Å². The van der Waals surface area contributed by atoms with Crippen LogP contribution in [0.15, 0.2) is 29.6 Å². The highest BCUT2D eigenvalue weighted by Crippen LogP contribution is 2.43. The Morgan fingerprint density at radius 3 is 2.23 bits per heavy atom. The second-order valence-electron chi connectivity index (χ2n) is 5.13. The number of hydrogen-bond donors (Lipinski definition) is 0. The molecule has 2 atom stereocenters. The standard InChI is InChI=1S/C14H9BF7/c1-5-3-6(16)8(11(19)10(5)18)15-9-7(17)4-14(2,22)13(21)12(9)20/h3-4,9H,1-2H3. The van der Waals surface area contributed by atoms with Gasteiger partial charge in [0.2, 0.25) is 0 Å². The van der Waals surface area contributed by atoms with E-state index in [0.717, 1.165) is 6.92 Å². The second-order valence-corrected chi connectivity index (χ2v) is 5.13. The Hall–Kier alpha value is -1.73. The molecule has 2 rings (SSSR count). The Morgan fingerprint density at radius 2 is 1.64 bits per heavy atom. The van der Waals surface area contributed by atoms with Gasteiger partial charge in [0, 0.05) is 5.82 Å². The van der Waals surface area contributed by atoms with Crippen LogP contribution in [0.3, 0.4) is 0 Å². The van der Waals surface area contributed by atoms with Crippen molar-refractivity contribution in [3.63, 3.8) is 0 Å². The summed E-state index contributed by atoms with van der Waals surface area (Å²) in [5, 5.41) is 0. The number of halogens is 7. The monoisotopic (exact) mass is 321 g/mol. The number of allylic oxidation sites excluding steroid dienone is 4. The maximum Gasteiger partial charge on any atom is 0.182 e. The highest BCUT2D eigenvalue weighted by Gasteiger charge is 2.41. The molecule has 0 fully saturated rings. The Labute approximate surface area is 122 Å². The van der Waals surface area contributed by atoms with Crippen molar-refractivity contribution >= 4 is 12.7 Å². The molecular formula is C14H9BF7. The third kappa shape index (κ3) is 2.66. The van der Waals surface area contributed by atoms with Crippen molar-refractivity contribution in [2.75, 3.05) is 0 Å². The van der Waals surface area contributed by atoms with Crippen molar-refractivity contribution in [2.24, 2.45) is 0 Å². The molecule has 117 valence electrons. The number of alkyl halides is 1. The number of rotatable bonds is 2. The summed E-state index contributed by atoms with van der Waals surface area (Å²) in [6.07, 6.45) is 0.160. The maximum atomic E-state index is 13.7. The van der Waals surface area contributed by atoms with Gasteiger partial charge in [0.05, 0.1) is 0 Å². The van der Waals surface area contributed by atoms with E-state index < -0.39 is 51.9 Å². The quantitative estimate of drug-likeness (QED) is 0.433. The van der Waals surface area contributed by atoms with Crippen LogP contribution in [0.4, 0.5) is 30.7 Å². The van der Waals surface area contributed by atoms with Gasteiger partial charge in [0.1, 0.15) is 17.5 Å². The molecule has 1 radical (unpaired) electrons. The third-order valence-corrected chi connectivity index (χ3v) is 3.33. The van der Waals surface area contributed by atoms with E-state index in [-0.39, 0.29) is 11.6 Å². The summed E-state index contributed by atoms with van der Waals surface area (Å²) in [4.78, 5) is 0. The first-order valence-corrected chi connectivity index (χ1v) is 6.18. The molecule has 0 N–H and O–H groups in total. The summed E-state index contributed by atoms with van der Waals surface area (Å²) in [5.41, 5.74) is -4.39. The molecule has 1 aliphatic carbocycles. The van der Waals surface area contributed by atoms with Gasteiger partial charge in [-0.1, -0.05) is 0 Å². The molecule has 2 unspecified atom stereocenters. The Kier molecular flexibility index (Phi) is 4.15. The molecule has 0 saturated carbocycles. The van der Waals surface area contributed by atoms with Crippen molar-refractivity contribution in [1.29, 1.82) is 0 Å². The second kappa shape index (κ2) is 5.48. The highest BCUT2D eigenvalue weighted by atomic mass is 19.2. The minimum atomic E-state index is -2.99. The highest BCUT2D eigenvalue weighted by molar-refractivity contribution is 6.56. The van der Waals surface area contributed by atoms with E-state index in [4.69, 9.17) is 0 Å². The van der Waals surface area contributed by atoms with Crippen LogP contribution in [0.5, 0.6) is 0 Å². The van der Waals surface area contributed by atoms with Gasteiger partial charge in [-0.15, -0.1) is 0 Å². The Bertz CT molecular complexity index is 691. The van der Waals surface area contributed by atoms with Crippen molar-refractivity contribution in [3.05, 3.63) is 52.6 Å². The van der Waals surface area contributed by atoms with Crippen LogP contribution in [-0.2, 0) is 0 Å². The van der Waals surface area contributed by atoms with Gasteiger partial charge in [-0.05, 0) is 37.0 Å². The average molecular weight is 321 g/mol. The lowest BCUT2D eigenvalue weighted by atomic mass is 9.56. The SMILES string of the molecule is Cc1cc(F)c([B]C2C(F)=CC(C)(F)C(F)=C2F)c(F)c1F. The van der Waals surface area contributed by atoms with Crippen LogP contribution < -0.4 is 5.46 Å². The lowest BCUT2D eigenvalue weighted by Crippen LogP contribution is -2.32. The summed E-state index contributed by atoms with van der Waals surface area (Å²) >= 11 is 0. The van der Waals surface area contributed by atoms with Gasteiger partial charge >= 0.3 is 0 Å². The van der Waals surface area contributed by atoms with Gasteiger partial charge in [-0.2, -0.15) is 0 Å². The predicted molar refractivity (Wildman–Crippen MR) is 68.1 cm³/mol. The fraction of sp³-hybridized carbons (Fsp3) is 0.286. The fourth-order valence-corrected chi connectivity index (χ4v) is 2.10. The molecule has 0 spiro atoms. The summed E-state index contributed by atoms with van der Waals surface area (Å²) in [7, 11) is 0.336. The zero-order valence-corrected chi connectivity index (χ0v) is 11.5. The van der Waals surface area contributed by atoms with Crippen molar-refractivity contribution in [2.45, 2.75) is 25.3 Å². The van der Waals surface area contributed by atoms with Crippen LogP contribution in [0.2, 0.25) is 5.82 Å². The zero-order chi connectivity index (χ0) is 16.8. The molecule has 1 aromatic rings.